The number of hydrogen-bond donors (Lipinski definition) is 0. The Kier molecular flexibility index (Phi) is 5.76. The number of rotatable bonds is 5. The monoisotopic (exact) mass is 492 g/mol. The first-order valence-corrected chi connectivity index (χ1v) is 12.3. The largest absolute Gasteiger partial charge is 0.294 e. The van der Waals surface area contributed by atoms with Crippen LogP contribution in [0.2, 0.25) is 0 Å². The quantitative estimate of drug-likeness (QED) is 0.421. The van der Waals surface area contributed by atoms with Gasteiger partial charge in [-0.2, -0.15) is 0 Å². The van der Waals surface area contributed by atoms with E-state index in [9.17, 15) is 9.59 Å². The molecule has 2 saturated carbocycles. The molecule has 0 radical (unpaired) electrons. The number of allylic oxidation sites excluding steroid dienone is 8. The van der Waals surface area contributed by atoms with Crippen LogP contribution in [-0.4, -0.2) is 22.2 Å². The van der Waals surface area contributed by atoms with E-state index >= 15 is 0 Å². The van der Waals surface area contributed by atoms with E-state index in [4.69, 9.17) is 0 Å². The molecule has 2 nitrogen and oxygen atoms in total. The van der Waals surface area contributed by atoms with Crippen molar-refractivity contribution in [3.63, 3.8) is 0 Å². The number of Topliss-reactive ketones (excluding diaryl/α,β-unsaturated/α-hetero) is 2. The van der Waals surface area contributed by atoms with Crippen molar-refractivity contribution in [1.82, 2.24) is 0 Å². The second kappa shape index (κ2) is 7.94. The fourth-order valence-corrected chi connectivity index (χ4v) is 6.28. The fourth-order valence-electron chi connectivity index (χ4n) is 5.58. The molecule has 4 rings (SSSR count). The molecular weight excluding hydrogens is 468 g/mol. The standard InChI is InChI=1S/C23H26Br2O2/c24-13-21(26)16-5-3-15(4-6-16)17-7-8-18(22(27)14-25)20-12-23(11-19(17)20)9-1-2-10-23/h3,5H,1-2,4,6-14H2. The maximum Gasteiger partial charge on any atom is 0.169 e. The highest BCUT2D eigenvalue weighted by Gasteiger charge is 2.44. The van der Waals surface area contributed by atoms with Gasteiger partial charge in [0.25, 0.3) is 0 Å². The van der Waals surface area contributed by atoms with E-state index in [1.165, 1.54) is 48.0 Å². The Labute approximate surface area is 178 Å². The van der Waals surface area contributed by atoms with Gasteiger partial charge in [0.15, 0.2) is 11.6 Å². The highest BCUT2D eigenvalue weighted by molar-refractivity contribution is 9.09. The highest BCUT2D eigenvalue weighted by atomic mass is 79.9. The van der Waals surface area contributed by atoms with Crippen LogP contribution in [0.1, 0.15) is 64.2 Å². The van der Waals surface area contributed by atoms with E-state index in [0.717, 1.165) is 49.7 Å². The van der Waals surface area contributed by atoms with Crippen LogP contribution >= 0.6 is 31.9 Å². The Morgan fingerprint density at radius 2 is 1.52 bits per heavy atom. The SMILES string of the molecule is O=C(CBr)C1=CC=C(C2=C3CC4(CCCC4)CC3=C(C(=O)CBr)CC2)CC1. The van der Waals surface area contributed by atoms with Crippen molar-refractivity contribution in [2.45, 2.75) is 64.2 Å². The molecule has 0 unspecified atom stereocenters. The maximum absolute atomic E-state index is 12.6. The summed E-state index contributed by atoms with van der Waals surface area (Å²) in [5, 5.41) is 0.842. The molecule has 2 fully saturated rings. The molecular formula is C23H26Br2O2. The molecule has 4 aliphatic carbocycles. The summed E-state index contributed by atoms with van der Waals surface area (Å²) < 4.78 is 0. The lowest BCUT2D eigenvalue weighted by Crippen LogP contribution is -2.14. The Balaban J connectivity index is 1.73. The van der Waals surface area contributed by atoms with Crippen LogP contribution in [0.3, 0.4) is 0 Å². The Morgan fingerprint density at radius 1 is 0.815 bits per heavy atom. The predicted octanol–water partition coefficient (Wildman–Crippen LogP) is 6.30. The zero-order valence-corrected chi connectivity index (χ0v) is 18.9. The Morgan fingerprint density at radius 3 is 2.15 bits per heavy atom. The van der Waals surface area contributed by atoms with Crippen molar-refractivity contribution < 1.29 is 9.59 Å². The van der Waals surface area contributed by atoms with E-state index in [1.807, 2.05) is 6.08 Å². The van der Waals surface area contributed by atoms with Crippen molar-refractivity contribution in [1.29, 1.82) is 0 Å². The molecule has 0 heterocycles. The first-order valence-electron chi connectivity index (χ1n) is 10.1. The Bertz CT molecular complexity index is 804. The molecule has 27 heavy (non-hydrogen) atoms. The summed E-state index contributed by atoms with van der Waals surface area (Å²) in [6.45, 7) is 0. The molecule has 0 aromatic carbocycles. The number of halogens is 2. The minimum absolute atomic E-state index is 0.197. The van der Waals surface area contributed by atoms with E-state index in [0.29, 0.717) is 16.1 Å². The number of carbonyl (C=O) groups is 2. The van der Waals surface area contributed by atoms with Crippen molar-refractivity contribution in [3.8, 4) is 0 Å². The Hall–Kier alpha value is -0.740. The van der Waals surface area contributed by atoms with Gasteiger partial charge in [0.2, 0.25) is 0 Å². The smallest absolute Gasteiger partial charge is 0.169 e. The summed E-state index contributed by atoms with van der Waals surface area (Å²) in [4.78, 5) is 24.5. The van der Waals surface area contributed by atoms with Gasteiger partial charge < -0.3 is 0 Å². The van der Waals surface area contributed by atoms with Gasteiger partial charge in [-0.05, 0) is 90.2 Å². The van der Waals surface area contributed by atoms with Crippen LogP contribution in [0.25, 0.3) is 0 Å². The van der Waals surface area contributed by atoms with Crippen molar-refractivity contribution in [2.75, 3.05) is 10.7 Å². The van der Waals surface area contributed by atoms with Crippen LogP contribution in [-0.2, 0) is 9.59 Å². The van der Waals surface area contributed by atoms with E-state index in [2.05, 4.69) is 37.9 Å². The van der Waals surface area contributed by atoms with Crippen molar-refractivity contribution in [3.05, 3.63) is 45.6 Å². The summed E-state index contributed by atoms with van der Waals surface area (Å²) >= 11 is 6.66. The molecule has 144 valence electrons. The van der Waals surface area contributed by atoms with Gasteiger partial charge >= 0.3 is 0 Å². The molecule has 1 spiro atoms. The van der Waals surface area contributed by atoms with Crippen molar-refractivity contribution >= 4 is 43.4 Å². The third kappa shape index (κ3) is 3.64. The fraction of sp³-hybridized carbons (Fsp3) is 0.565. The number of ketones is 2. The number of hydrogen-bond acceptors (Lipinski definition) is 2. The summed E-state index contributed by atoms with van der Waals surface area (Å²) in [5.74, 6) is 0.475. The zero-order chi connectivity index (χ0) is 19.0. The first kappa shape index (κ1) is 19.6. The third-order valence-electron chi connectivity index (χ3n) is 6.96. The second-order valence-electron chi connectivity index (χ2n) is 8.47. The topological polar surface area (TPSA) is 34.1 Å². The molecule has 0 saturated heterocycles. The van der Waals surface area contributed by atoms with Crippen LogP contribution in [0.15, 0.2) is 45.6 Å². The minimum atomic E-state index is 0.197. The lowest BCUT2D eigenvalue weighted by atomic mass is 9.80. The average molecular weight is 494 g/mol. The molecule has 0 aromatic rings. The van der Waals surface area contributed by atoms with Gasteiger partial charge in [-0.25, -0.2) is 0 Å². The molecule has 0 bridgehead atoms. The number of carbonyl (C=O) groups excluding carboxylic acids is 2. The molecule has 0 N–H and O–H groups in total. The van der Waals surface area contributed by atoms with Gasteiger partial charge in [-0.3, -0.25) is 9.59 Å². The number of fused-ring (bicyclic) bond motifs is 1. The van der Waals surface area contributed by atoms with Crippen molar-refractivity contribution in [2.24, 2.45) is 5.41 Å². The molecule has 0 atom stereocenters. The van der Waals surface area contributed by atoms with Crippen LogP contribution < -0.4 is 0 Å². The first-order chi connectivity index (χ1) is 13.1. The molecule has 0 aromatic heterocycles. The number of alkyl halides is 2. The molecule has 4 heteroatoms. The maximum atomic E-state index is 12.6. The van der Waals surface area contributed by atoms with Gasteiger partial charge in [-0.15, -0.1) is 0 Å². The van der Waals surface area contributed by atoms with Gasteiger partial charge in [0.05, 0.1) is 10.7 Å². The summed E-state index contributed by atoms with van der Waals surface area (Å²) in [6, 6.07) is 0. The average Bonchev–Trinajstić information content (AvgIpc) is 3.32. The van der Waals surface area contributed by atoms with Gasteiger partial charge in [-0.1, -0.05) is 56.9 Å². The molecule has 4 aliphatic rings. The summed E-state index contributed by atoms with van der Waals surface area (Å²) in [5.41, 5.74) is 8.20. The third-order valence-corrected chi connectivity index (χ3v) is 7.98. The van der Waals surface area contributed by atoms with Gasteiger partial charge in [0, 0.05) is 0 Å². The van der Waals surface area contributed by atoms with Gasteiger partial charge in [0.1, 0.15) is 0 Å². The summed E-state index contributed by atoms with van der Waals surface area (Å²) in [7, 11) is 0. The minimum Gasteiger partial charge on any atom is -0.294 e. The predicted molar refractivity (Wildman–Crippen MR) is 116 cm³/mol. The highest BCUT2D eigenvalue weighted by Crippen LogP contribution is 2.58. The normalized spacial score (nSPS) is 24.2. The lowest BCUT2D eigenvalue weighted by Gasteiger charge is -2.25. The van der Waals surface area contributed by atoms with Crippen LogP contribution in [0.5, 0.6) is 0 Å². The molecule has 0 amide bonds. The van der Waals surface area contributed by atoms with E-state index in [1.54, 1.807) is 0 Å². The summed E-state index contributed by atoms with van der Waals surface area (Å²) in [6.07, 6.45) is 15.4. The van der Waals surface area contributed by atoms with E-state index in [-0.39, 0.29) is 11.6 Å². The lowest BCUT2D eigenvalue weighted by molar-refractivity contribution is -0.114. The van der Waals surface area contributed by atoms with E-state index < -0.39 is 0 Å². The molecule has 0 aliphatic heterocycles. The van der Waals surface area contributed by atoms with Crippen LogP contribution in [0, 0.1) is 5.41 Å². The van der Waals surface area contributed by atoms with Crippen LogP contribution in [0.4, 0.5) is 0 Å². The zero-order valence-electron chi connectivity index (χ0n) is 15.7. The second-order valence-corrected chi connectivity index (χ2v) is 9.59.